The van der Waals surface area contributed by atoms with Crippen LogP contribution in [0.15, 0.2) is 24.3 Å². The summed E-state index contributed by atoms with van der Waals surface area (Å²) in [5, 5.41) is 3.61. The molecule has 1 saturated carbocycles. The number of esters is 1. The van der Waals surface area contributed by atoms with Crippen LogP contribution >= 0.6 is 0 Å². The van der Waals surface area contributed by atoms with E-state index < -0.39 is 41.6 Å². The normalized spacial score (nSPS) is 17.2. The van der Waals surface area contributed by atoms with E-state index in [1.165, 1.54) is 0 Å². The van der Waals surface area contributed by atoms with Gasteiger partial charge in [-0.3, -0.25) is 24.0 Å². The highest BCUT2D eigenvalue weighted by Gasteiger charge is 2.34. The van der Waals surface area contributed by atoms with Crippen LogP contribution in [-0.4, -0.2) is 54.0 Å². The topological polar surface area (TPSA) is 132 Å². The number of rotatable bonds is 13. The van der Waals surface area contributed by atoms with Gasteiger partial charge in [-0.1, -0.05) is 26.3 Å². The first-order chi connectivity index (χ1) is 19.3. The van der Waals surface area contributed by atoms with Crippen molar-refractivity contribution in [1.82, 2.24) is 10.3 Å². The lowest BCUT2D eigenvalue weighted by Gasteiger charge is -2.27. The van der Waals surface area contributed by atoms with Crippen molar-refractivity contribution in [2.45, 2.75) is 85.6 Å². The van der Waals surface area contributed by atoms with E-state index in [0.717, 1.165) is 23.7 Å². The summed E-state index contributed by atoms with van der Waals surface area (Å²) in [7, 11) is 1.56. The molecule has 0 saturated heterocycles. The second-order valence-corrected chi connectivity index (χ2v) is 12.6. The third kappa shape index (κ3) is 8.75. The van der Waals surface area contributed by atoms with Gasteiger partial charge in [0.2, 0.25) is 5.91 Å². The number of Topliss-reactive ketones (excluding diaryl/α,β-unsaturated/α-hetero) is 3. The largest absolute Gasteiger partial charge is 0.496 e. The zero-order chi connectivity index (χ0) is 30.3. The van der Waals surface area contributed by atoms with Crippen LogP contribution in [0, 0.1) is 23.2 Å². The number of amides is 1. The SMILES string of the molecule is COc1cccc2[nH]c(C(=O)C[C@@H](CC(C)C)C(=O)N[C@@H](C[C@@H]3CCCCC3=O)C(=O)COC(=O)C(C)(C)C)cc12. The molecule has 1 aliphatic carbocycles. The van der Waals surface area contributed by atoms with E-state index in [1.54, 1.807) is 33.9 Å². The van der Waals surface area contributed by atoms with E-state index in [-0.39, 0.29) is 36.2 Å². The van der Waals surface area contributed by atoms with E-state index in [1.807, 2.05) is 32.0 Å². The van der Waals surface area contributed by atoms with Crippen LogP contribution in [0.2, 0.25) is 0 Å². The predicted molar refractivity (Wildman–Crippen MR) is 156 cm³/mol. The summed E-state index contributed by atoms with van der Waals surface area (Å²) in [6.07, 6.45) is 3.34. The second kappa shape index (κ2) is 13.9. The van der Waals surface area contributed by atoms with Crippen LogP contribution in [0.4, 0.5) is 0 Å². The van der Waals surface area contributed by atoms with E-state index in [0.29, 0.717) is 30.7 Å². The molecule has 1 heterocycles. The van der Waals surface area contributed by atoms with Crippen LogP contribution < -0.4 is 10.1 Å². The quantitative estimate of drug-likeness (QED) is 0.251. The first kappa shape index (κ1) is 32.0. The molecule has 2 aromatic rings. The van der Waals surface area contributed by atoms with E-state index >= 15 is 0 Å². The maximum absolute atomic E-state index is 13.6. The van der Waals surface area contributed by atoms with Gasteiger partial charge in [0.15, 0.2) is 18.2 Å². The maximum atomic E-state index is 13.6. The number of carbonyl (C=O) groups excluding carboxylic acids is 5. The number of methoxy groups -OCH3 is 1. The number of ether oxygens (including phenoxy) is 2. The fraction of sp³-hybridized carbons (Fsp3) is 0.594. The number of nitrogens with one attached hydrogen (secondary N) is 2. The molecule has 9 heteroatoms. The van der Waals surface area contributed by atoms with Crippen molar-refractivity contribution in [3.63, 3.8) is 0 Å². The molecule has 0 bridgehead atoms. The number of benzene rings is 1. The van der Waals surface area contributed by atoms with E-state index in [2.05, 4.69) is 10.3 Å². The van der Waals surface area contributed by atoms with Crippen LogP contribution in [0.1, 0.15) is 90.1 Å². The summed E-state index contributed by atoms with van der Waals surface area (Å²) >= 11 is 0. The molecule has 1 aromatic heterocycles. The van der Waals surface area contributed by atoms with Gasteiger partial charge in [-0.05, 0) is 70.6 Å². The molecule has 0 spiro atoms. The van der Waals surface area contributed by atoms with Crippen molar-refractivity contribution in [3.8, 4) is 5.75 Å². The Balaban J connectivity index is 1.78. The maximum Gasteiger partial charge on any atom is 0.311 e. The average molecular weight is 569 g/mol. The van der Waals surface area contributed by atoms with Gasteiger partial charge in [0.05, 0.1) is 24.3 Å². The molecule has 41 heavy (non-hydrogen) atoms. The number of hydrogen-bond donors (Lipinski definition) is 2. The van der Waals surface area contributed by atoms with Gasteiger partial charge in [-0.25, -0.2) is 0 Å². The zero-order valence-electron chi connectivity index (χ0n) is 25.1. The van der Waals surface area contributed by atoms with Crippen LogP contribution in [-0.2, 0) is 23.9 Å². The molecule has 224 valence electrons. The Morgan fingerprint density at radius 1 is 1.12 bits per heavy atom. The molecule has 0 aliphatic heterocycles. The molecule has 0 unspecified atom stereocenters. The first-order valence-electron chi connectivity index (χ1n) is 14.5. The van der Waals surface area contributed by atoms with Gasteiger partial charge >= 0.3 is 5.97 Å². The molecule has 2 N–H and O–H groups in total. The van der Waals surface area contributed by atoms with Gasteiger partial charge in [-0.15, -0.1) is 0 Å². The Hall–Kier alpha value is -3.49. The summed E-state index contributed by atoms with van der Waals surface area (Å²) in [4.78, 5) is 68.2. The molecule has 9 nitrogen and oxygen atoms in total. The molecular formula is C32H44N2O7. The van der Waals surface area contributed by atoms with Crippen molar-refractivity contribution in [2.24, 2.45) is 23.2 Å². The van der Waals surface area contributed by atoms with Crippen LogP contribution in [0.25, 0.3) is 10.9 Å². The molecule has 3 rings (SSSR count). The summed E-state index contributed by atoms with van der Waals surface area (Å²) in [6, 6.07) is 6.22. The predicted octanol–water partition coefficient (Wildman–Crippen LogP) is 5.20. The Bertz CT molecular complexity index is 1270. The highest BCUT2D eigenvalue weighted by molar-refractivity contribution is 6.02. The minimum Gasteiger partial charge on any atom is -0.496 e. The number of ketones is 3. The summed E-state index contributed by atoms with van der Waals surface area (Å²) < 4.78 is 10.6. The molecule has 1 amide bonds. The molecule has 1 aliphatic rings. The number of H-pyrrole nitrogens is 1. The van der Waals surface area contributed by atoms with E-state index in [9.17, 15) is 24.0 Å². The molecule has 3 atom stereocenters. The first-order valence-corrected chi connectivity index (χ1v) is 14.5. The number of aromatic amines is 1. The Labute approximate surface area is 242 Å². The summed E-state index contributed by atoms with van der Waals surface area (Å²) in [6.45, 7) is 8.51. The van der Waals surface area contributed by atoms with Crippen LogP contribution in [0.5, 0.6) is 5.75 Å². The highest BCUT2D eigenvalue weighted by atomic mass is 16.5. The van der Waals surface area contributed by atoms with Gasteiger partial charge < -0.3 is 19.8 Å². The van der Waals surface area contributed by atoms with Crippen molar-refractivity contribution < 1.29 is 33.4 Å². The number of fused-ring (bicyclic) bond motifs is 1. The third-order valence-electron chi connectivity index (χ3n) is 7.57. The smallest absolute Gasteiger partial charge is 0.311 e. The second-order valence-electron chi connectivity index (χ2n) is 12.6. The van der Waals surface area contributed by atoms with Crippen molar-refractivity contribution in [3.05, 3.63) is 30.0 Å². The fourth-order valence-corrected chi connectivity index (χ4v) is 5.24. The van der Waals surface area contributed by atoms with Crippen molar-refractivity contribution in [1.29, 1.82) is 0 Å². The third-order valence-corrected chi connectivity index (χ3v) is 7.57. The van der Waals surface area contributed by atoms with Gasteiger partial charge in [-0.2, -0.15) is 0 Å². The van der Waals surface area contributed by atoms with Crippen molar-refractivity contribution in [2.75, 3.05) is 13.7 Å². The summed E-state index contributed by atoms with van der Waals surface area (Å²) in [5.74, 6) is -1.85. The van der Waals surface area contributed by atoms with Gasteiger partial charge in [0.1, 0.15) is 11.5 Å². The van der Waals surface area contributed by atoms with E-state index in [4.69, 9.17) is 9.47 Å². The Morgan fingerprint density at radius 3 is 2.49 bits per heavy atom. The molecule has 1 aromatic carbocycles. The minimum absolute atomic E-state index is 0.0541. The lowest BCUT2D eigenvalue weighted by Crippen LogP contribution is -2.47. The van der Waals surface area contributed by atoms with Crippen LogP contribution in [0.3, 0.4) is 0 Å². The fourth-order valence-electron chi connectivity index (χ4n) is 5.24. The lowest BCUT2D eigenvalue weighted by atomic mass is 9.82. The number of carbonyl (C=O) groups is 5. The molecule has 1 fully saturated rings. The molecular weight excluding hydrogens is 524 g/mol. The van der Waals surface area contributed by atoms with Gasteiger partial charge in [0.25, 0.3) is 0 Å². The summed E-state index contributed by atoms with van der Waals surface area (Å²) in [5.41, 5.74) is 0.346. The highest BCUT2D eigenvalue weighted by Crippen LogP contribution is 2.29. The number of hydrogen-bond acceptors (Lipinski definition) is 7. The average Bonchev–Trinajstić information content (AvgIpc) is 3.36. The standard InChI is InChI=1S/C32H44N2O7/c1-19(2)14-21(16-27(36)25-17-22-23(33-25)11-9-13-29(22)40-6)30(38)34-24(15-20-10-7-8-12-26(20)35)28(37)18-41-31(39)32(3,4)5/h9,11,13,17,19-21,24,33H,7-8,10,12,14-16,18H2,1-6H3,(H,34,38)/t20-,21+,24-/m0/s1. The Morgan fingerprint density at radius 2 is 1.85 bits per heavy atom. The molecule has 0 radical (unpaired) electrons. The van der Waals surface area contributed by atoms with Crippen molar-refractivity contribution >= 4 is 40.1 Å². The Kier molecular flexibility index (Phi) is 10.9. The minimum atomic E-state index is -0.996. The number of aromatic nitrogens is 1. The zero-order valence-corrected chi connectivity index (χ0v) is 25.1. The van der Waals surface area contributed by atoms with Gasteiger partial charge in [0, 0.05) is 35.6 Å². The lowest BCUT2D eigenvalue weighted by molar-refractivity contribution is -0.156. The monoisotopic (exact) mass is 568 g/mol.